The van der Waals surface area contributed by atoms with E-state index in [4.69, 9.17) is 4.74 Å². The lowest BCUT2D eigenvalue weighted by Gasteiger charge is -2.28. The van der Waals surface area contributed by atoms with Gasteiger partial charge in [-0.1, -0.05) is 11.3 Å². The van der Waals surface area contributed by atoms with Gasteiger partial charge in [-0.3, -0.25) is 9.69 Å². The summed E-state index contributed by atoms with van der Waals surface area (Å²) >= 11 is 0. The normalized spacial score (nSPS) is 19.7. The Morgan fingerprint density at radius 2 is 2.18 bits per heavy atom. The number of aliphatic hydroxyl groups is 1. The summed E-state index contributed by atoms with van der Waals surface area (Å²) in [5, 5.41) is 17.4. The van der Waals surface area contributed by atoms with E-state index in [1.165, 1.54) is 22.1 Å². The lowest BCUT2D eigenvalue weighted by atomic mass is 9.98. The molecule has 2 aliphatic rings. The fourth-order valence-corrected chi connectivity index (χ4v) is 4.70. The number of rotatable bonds is 7. The molecule has 182 valence electrons. The number of ether oxygens (including phenoxy) is 1. The number of carbonyl (C=O) groups is 2. The molecule has 34 heavy (non-hydrogen) atoms. The number of sulfone groups is 1. The SMILES string of the molecule is CS(=O)(=O)C[C@H](O)C(=O)N1CC=C(c2ccc(N3C[C@H](Cn4ccnn4)OC3=O)cc2F)CC1. The minimum Gasteiger partial charge on any atom is -0.442 e. The molecule has 0 unspecified atom stereocenters. The Hall–Kier alpha value is -3.32. The summed E-state index contributed by atoms with van der Waals surface area (Å²) in [6.07, 6.45) is 3.48. The van der Waals surface area contributed by atoms with Crippen molar-refractivity contribution in [2.24, 2.45) is 0 Å². The molecule has 0 spiro atoms. The lowest BCUT2D eigenvalue weighted by Crippen LogP contribution is -2.44. The molecule has 2 atom stereocenters. The molecule has 0 aliphatic carbocycles. The molecule has 1 aromatic carbocycles. The molecule has 2 aromatic rings. The monoisotopic (exact) mass is 493 g/mol. The Balaban J connectivity index is 1.41. The van der Waals surface area contributed by atoms with Crippen LogP contribution >= 0.6 is 0 Å². The first-order chi connectivity index (χ1) is 16.1. The number of aromatic nitrogens is 3. The van der Waals surface area contributed by atoms with Gasteiger partial charge in [-0.15, -0.1) is 5.10 Å². The molecule has 1 aromatic heterocycles. The third-order valence-electron chi connectivity index (χ3n) is 5.61. The van der Waals surface area contributed by atoms with Crippen LogP contribution in [-0.4, -0.2) is 89.3 Å². The molecule has 0 radical (unpaired) electrons. The molecule has 11 nitrogen and oxygen atoms in total. The largest absolute Gasteiger partial charge is 0.442 e. The molecule has 2 aliphatic heterocycles. The zero-order valence-electron chi connectivity index (χ0n) is 18.4. The van der Waals surface area contributed by atoms with E-state index in [0.29, 0.717) is 29.8 Å². The maximum absolute atomic E-state index is 15.0. The Bertz CT molecular complexity index is 1220. The smallest absolute Gasteiger partial charge is 0.414 e. The number of cyclic esters (lactones) is 1. The van der Waals surface area contributed by atoms with Crippen molar-refractivity contribution in [2.45, 2.75) is 25.2 Å². The molecule has 2 amide bonds. The first kappa shape index (κ1) is 23.8. The van der Waals surface area contributed by atoms with Crippen molar-refractivity contribution in [1.29, 1.82) is 0 Å². The topological polar surface area (TPSA) is 135 Å². The first-order valence-electron chi connectivity index (χ1n) is 10.6. The highest BCUT2D eigenvalue weighted by atomic mass is 32.2. The van der Waals surface area contributed by atoms with E-state index in [-0.39, 0.29) is 19.6 Å². The molecule has 1 N–H and O–H groups in total. The fraction of sp³-hybridized carbons (Fsp3) is 0.429. The second-order valence-corrected chi connectivity index (χ2v) is 10.5. The van der Waals surface area contributed by atoms with Crippen molar-refractivity contribution >= 4 is 33.1 Å². The summed E-state index contributed by atoms with van der Waals surface area (Å²) in [4.78, 5) is 27.3. The predicted molar refractivity (Wildman–Crippen MR) is 119 cm³/mol. The van der Waals surface area contributed by atoms with Crippen molar-refractivity contribution in [3.8, 4) is 0 Å². The van der Waals surface area contributed by atoms with E-state index in [9.17, 15) is 27.5 Å². The molecular weight excluding hydrogens is 469 g/mol. The number of hydrogen-bond acceptors (Lipinski definition) is 8. The van der Waals surface area contributed by atoms with E-state index in [1.807, 2.05) is 0 Å². The highest BCUT2D eigenvalue weighted by molar-refractivity contribution is 7.90. The van der Waals surface area contributed by atoms with Crippen LogP contribution in [0, 0.1) is 5.82 Å². The average molecular weight is 494 g/mol. The average Bonchev–Trinajstić information content (AvgIpc) is 3.41. The molecule has 1 fully saturated rings. The van der Waals surface area contributed by atoms with Crippen molar-refractivity contribution in [1.82, 2.24) is 19.9 Å². The van der Waals surface area contributed by atoms with Crippen molar-refractivity contribution in [3.63, 3.8) is 0 Å². The van der Waals surface area contributed by atoms with Crippen LogP contribution in [0.1, 0.15) is 12.0 Å². The third kappa shape index (κ3) is 5.42. The van der Waals surface area contributed by atoms with Gasteiger partial charge in [-0.05, 0) is 30.2 Å². The summed E-state index contributed by atoms with van der Waals surface area (Å²) < 4.78 is 44.5. The van der Waals surface area contributed by atoms with Gasteiger partial charge in [0.1, 0.15) is 18.0 Å². The van der Waals surface area contributed by atoms with Crippen LogP contribution < -0.4 is 4.90 Å². The van der Waals surface area contributed by atoms with Gasteiger partial charge in [-0.2, -0.15) is 0 Å². The Morgan fingerprint density at radius 1 is 1.38 bits per heavy atom. The predicted octanol–water partition coefficient (Wildman–Crippen LogP) is 0.464. The van der Waals surface area contributed by atoms with Gasteiger partial charge in [0, 0.05) is 31.1 Å². The quantitative estimate of drug-likeness (QED) is 0.588. The Morgan fingerprint density at radius 3 is 2.79 bits per heavy atom. The Kier molecular flexibility index (Phi) is 6.66. The van der Waals surface area contributed by atoms with E-state index >= 15 is 0 Å². The number of benzene rings is 1. The van der Waals surface area contributed by atoms with E-state index in [2.05, 4.69) is 10.3 Å². The number of halogens is 1. The summed E-state index contributed by atoms with van der Waals surface area (Å²) in [6.45, 7) is 0.921. The second kappa shape index (κ2) is 9.50. The number of nitrogens with zero attached hydrogens (tertiary/aromatic N) is 5. The summed E-state index contributed by atoms with van der Waals surface area (Å²) in [5.74, 6) is -1.84. The number of carbonyl (C=O) groups excluding carboxylic acids is 2. The number of aliphatic hydroxyl groups excluding tert-OH is 1. The van der Waals surface area contributed by atoms with Crippen LogP contribution in [0.3, 0.4) is 0 Å². The standard InChI is InChI=1S/C21H24FN5O6S/c1-34(31,32)13-19(28)20(29)25-7-4-14(5-8-25)17-3-2-15(10-18(17)22)27-12-16(33-21(27)30)11-26-9-6-23-24-26/h2-4,6,9-10,16,19,28H,5,7-8,11-13H2,1H3/t16-,19-/m0/s1. The van der Waals surface area contributed by atoms with Crippen molar-refractivity contribution in [3.05, 3.63) is 48.0 Å². The van der Waals surface area contributed by atoms with Crippen LogP contribution in [0.4, 0.5) is 14.9 Å². The molecule has 4 rings (SSSR count). The summed E-state index contributed by atoms with van der Waals surface area (Å²) in [7, 11) is -3.50. The molecule has 0 bridgehead atoms. The fourth-order valence-electron chi connectivity index (χ4n) is 3.98. The summed E-state index contributed by atoms with van der Waals surface area (Å²) in [6, 6.07) is 4.47. The van der Waals surface area contributed by atoms with Crippen LogP contribution in [0.15, 0.2) is 36.7 Å². The first-order valence-corrected chi connectivity index (χ1v) is 12.6. The van der Waals surface area contributed by atoms with E-state index in [1.54, 1.807) is 29.1 Å². The number of anilines is 1. The lowest BCUT2D eigenvalue weighted by molar-refractivity contribution is -0.138. The highest BCUT2D eigenvalue weighted by Gasteiger charge is 2.33. The van der Waals surface area contributed by atoms with Gasteiger partial charge in [0.2, 0.25) is 0 Å². The van der Waals surface area contributed by atoms with Crippen LogP contribution in [0.2, 0.25) is 0 Å². The van der Waals surface area contributed by atoms with E-state index in [0.717, 1.165) is 6.26 Å². The number of hydrogen-bond donors (Lipinski definition) is 1. The highest BCUT2D eigenvalue weighted by Crippen LogP contribution is 2.30. The van der Waals surface area contributed by atoms with Crippen LogP contribution in [0.25, 0.3) is 5.57 Å². The third-order valence-corrected chi connectivity index (χ3v) is 6.53. The van der Waals surface area contributed by atoms with Gasteiger partial charge >= 0.3 is 6.09 Å². The van der Waals surface area contributed by atoms with Gasteiger partial charge < -0.3 is 14.7 Å². The zero-order chi connectivity index (χ0) is 24.5. The zero-order valence-corrected chi connectivity index (χ0v) is 19.2. The maximum Gasteiger partial charge on any atom is 0.414 e. The van der Waals surface area contributed by atoms with Crippen molar-refractivity contribution < 1.29 is 32.2 Å². The van der Waals surface area contributed by atoms with Crippen LogP contribution in [0.5, 0.6) is 0 Å². The van der Waals surface area contributed by atoms with Crippen LogP contribution in [-0.2, 0) is 25.9 Å². The van der Waals surface area contributed by atoms with Gasteiger partial charge in [0.15, 0.2) is 9.84 Å². The minimum absolute atomic E-state index is 0.124. The van der Waals surface area contributed by atoms with E-state index < -0.39 is 45.6 Å². The molecule has 13 heteroatoms. The molecule has 0 saturated carbocycles. The summed E-state index contributed by atoms with van der Waals surface area (Å²) in [5.41, 5.74) is 1.39. The molecular formula is C21H24FN5O6S. The van der Waals surface area contributed by atoms with Gasteiger partial charge in [0.25, 0.3) is 5.91 Å². The molecule has 3 heterocycles. The van der Waals surface area contributed by atoms with Crippen molar-refractivity contribution in [2.75, 3.05) is 36.5 Å². The van der Waals surface area contributed by atoms with Gasteiger partial charge in [-0.25, -0.2) is 22.3 Å². The Labute approximate surface area is 195 Å². The number of amides is 2. The maximum atomic E-state index is 15.0. The molecule has 1 saturated heterocycles. The van der Waals surface area contributed by atoms with Gasteiger partial charge in [0.05, 0.1) is 30.7 Å². The second-order valence-electron chi connectivity index (χ2n) is 8.28. The minimum atomic E-state index is -3.50.